The summed E-state index contributed by atoms with van der Waals surface area (Å²) in [5.41, 5.74) is 0.819. The number of hydrogen-bond acceptors (Lipinski definition) is 1. The Bertz CT molecular complexity index is 768. The van der Waals surface area contributed by atoms with Crippen LogP contribution >= 0.6 is 0 Å². The first-order valence-electron chi connectivity index (χ1n) is 8.01. The molecular weight excluding hydrogens is 467 g/mol. The number of rotatable bonds is 10. The molecule has 0 unspecified atom stereocenters. The fourth-order valence-electron chi connectivity index (χ4n) is 2.16. The zero-order chi connectivity index (χ0) is 24.5. The lowest BCUT2D eigenvalue weighted by Crippen LogP contribution is -2.70. The highest BCUT2D eigenvalue weighted by Gasteiger charge is 2.90. The monoisotopic (exact) mass is 480 g/mol. The standard InChI is InChI=1S/C17H13F13O/c1-2-10-4-3-5-11(8-10)9-31-7-6-12(18,19)13(20,21)14(22,23)15(24,25)16(26,27)17(28,29)30/h2-5,8H,1,6-7,9H2. The average Bonchev–Trinajstić information content (AvgIpc) is 2.63. The molecule has 1 rings (SSSR count). The number of halogens is 13. The van der Waals surface area contributed by atoms with Gasteiger partial charge in [0.1, 0.15) is 0 Å². The molecule has 1 aromatic rings. The van der Waals surface area contributed by atoms with E-state index < -0.39 is 55.4 Å². The largest absolute Gasteiger partial charge is 0.460 e. The zero-order valence-corrected chi connectivity index (χ0v) is 15.0. The summed E-state index contributed by atoms with van der Waals surface area (Å²) in [5.74, 6) is -36.8. The lowest BCUT2D eigenvalue weighted by molar-refractivity contribution is -0.440. The molecule has 0 amide bonds. The van der Waals surface area contributed by atoms with Crippen molar-refractivity contribution in [3.8, 4) is 0 Å². The summed E-state index contributed by atoms with van der Waals surface area (Å²) in [6.45, 7) is 1.45. The summed E-state index contributed by atoms with van der Waals surface area (Å²) < 4.78 is 173. The molecule has 178 valence electrons. The fourth-order valence-corrected chi connectivity index (χ4v) is 2.16. The second kappa shape index (κ2) is 8.51. The quantitative estimate of drug-likeness (QED) is 0.260. The van der Waals surface area contributed by atoms with Crippen LogP contribution < -0.4 is 0 Å². The molecule has 0 aliphatic carbocycles. The van der Waals surface area contributed by atoms with E-state index in [4.69, 9.17) is 0 Å². The molecule has 0 fully saturated rings. The van der Waals surface area contributed by atoms with Crippen LogP contribution in [0.2, 0.25) is 0 Å². The summed E-state index contributed by atoms with van der Waals surface area (Å²) in [4.78, 5) is 0. The van der Waals surface area contributed by atoms with Gasteiger partial charge in [-0.2, -0.15) is 57.1 Å². The van der Waals surface area contributed by atoms with Gasteiger partial charge in [0.25, 0.3) is 0 Å². The van der Waals surface area contributed by atoms with Crippen molar-refractivity contribution in [3.63, 3.8) is 0 Å². The molecule has 0 radical (unpaired) electrons. The molecule has 0 aliphatic rings. The highest BCUT2D eigenvalue weighted by Crippen LogP contribution is 2.60. The Kier molecular flexibility index (Phi) is 7.42. The second-order valence-corrected chi connectivity index (χ2v) is 6.25. The molecular formula is C17H13F13O. The summed E-state index contributed by atoms with van der Waals surface area (Å²) in [5, 5.41) is 0. The lowest BCUT2D eigenvalue weighted by atomic mass is 9.93. The Morgan fingerprint density at radius 1 is 0.742 bits per heavy atom. The maximum atomic E-state index is 13.6. The topological polar surface area (TPSA) is 9.23 Å². The number of ether oxygens (including phenoxy) is 1. The minimum absolute atomic E-state index is 0.286. The molecule has 0 N–H and O–H groups in total. The van der Waals surface area contributed by atoms with E-state index in [1.54, 1.807) is 6.07 Å². The van der Waals surface area contributed by atoms with E-state index >= 15 is 0 Å². The SMILES string of the molecule is C=Cc1cccc(COCCC(F)(F)C(F)(F)C(F)(F)C(F)(F)C(F)(F)C(F)(F)F)c1. The highest BCUT2D eigenvalue weighted by atomic mass is 19.4. The van der Waals surface area contributed by atoms with Crippen molar-refractivity contribution in [1.29, 1.82) is 0 Å². The van der Waals surface area contributed by atoms with Gasteiger partial charge >= 0.3 is 35.8 Å². The van der Waals surface area contributed by atoms with Crippen molar-refractivity contribution in [1.82, 2.24) is 0 Å². The third-order valence-electron chi connectivity index (χ3n) is 4.01. The van der Waals surface area contributed by atoms with Gasteiger partial charge in [-0.3, -0.25) is 0 Å². The Labute approximate surface area is 166 Å². The zero-order valence-electron chi connectivity index (χ0n) is 15.0. The number of hydrogen-bond donors (Lipinski definition) is 0. The van der Waals surface area contributed by atoms with Crippen LogP contribution in [-0.2, 0) is 11.3 Å². The first-order chi connectivity index (χ1) is 13.8. The van der Waals surface area contributed by atoms with Crippen LogP contribution in [0.5, 0.6) is 0 Å². The van der Waals surface area contributed by atoms with E-state index in [1.165, 1.54) is 24.3 Å². The Balaban J connectivity index is 2.99. The molecule has 0 aromatic heterocycles. The van der Waals surface area contributed by atoms with Crippen LogP contribution in [0.4, 0.5) is 57.1 Å². The molecule has 0 spiro atoms. The van der Waals surface area contributed by atoms with Crippen molar-refractivity contribution in [2.45, 2.75) is 48.8 Å². The van der Waals surface area contributed by atoms with E-state index in [0.29, 0.717) is 5.56 Å². The van der Waals surface area contributed by atoms with Gasteiger partial charge in [0, 0.05) is 6.42 Å². The third-order valence-corrected chi connectivity index (χ3v) is 4.01. The van der Waals surface area contributed by atoms with E-state index in [1.807, 2.05) is 0 Å². The lowest BCUT2D eigenvalue weighted by Gasteiger charge is -2.39. The molecule has 1 aromatic carbocycles. The predicted octanol–water partition coefficient (Wildman–Crippen LogP) is 6.98. The molecule has 0 saturated heterocycles. The van der Waals surface area contributed by atoms with Crippen molar-refractivity contribution in [2.24, 2.45) is 0 Å². The van der Waals surface area contributed by atoms with E-state index in [-0.39, 0.29) is 5.56 Å². The summed E-state index contributed by atoms with van der Waals surface area (Å²) in [6.07, 6.45) is -8.43. The predicted molar refractivity (Wildman–Crippen MR) is 81.6 cm³/mol. The van der Waals surface area contributed by atoms with Crippen LogP contribution in [-0.4, -0.2) is 42.4 Å². The van der Waals surface area contributed by atoms with E-state index in [9.17, 15) is 57.1 Å². The van der Waals surface area contributed by atoms with Crippen molar-refractivity contribution >= 4 is 6.08 Å². The van der Waals surface area contributed by atoms with Crippen LogP contribution in [0.25, 0.3) is 6.08 Å². The van der Waals surface area contributed by atoms with Gasteiger partial charge in [-0.15, -0.1) is 0 Å². The highest BCUT2D eigenvalue weighted by molar-refractivity contribution is 5.47. The van der Waals surface area contributed by atoms with Crippen LogP contribution in [0, 0.1) is 0 Å². The number of benzene rings is 1. The normalized spacial score (nSPS) is 14.6. The first-order valence-corrected chi connectivity index (χ1v) is 8.01. The molecule has 0 heterocycles. The molecule has 0 bridgehead atoms. The van der Waals surface area contributed by atoms with Crippen molar-refractivity contribution in [2.75, 3.05) is 6.61 Å². The molecule has 31 heavy (non-hydrogen) atoms. The fraction of sp³-hybridized carbons (Fsp3) is 0.529. The molecule has 0 saturated carbocycles. The minimum Gasteiger partial charge on any atom is -0.377 e. The molecule has 0 atom stereocenters. The van der Waals surface area contributed by atoms with Gasteiger partial charge in [-0.25, -0.2) is 0 Å². The van der Waals surface area contributed by atoms with Gasteiger partial charge in [-0.05, 0) is 17.2 Å². The summed E-state index contributed by atoms with van der Waals surface area (Å²) in [6, 6.07) is 5.81. The second-order valence-electron chi connectivity index (χ2n) is 6.25. The Hall–Kier alpha value is -1.99. The maximum Gasteiger partial charge on any atom is 0.460 e. The third kappa shape index (κ3) is 4.77. The Morgan fingerprint density at radius 2 is 1.26 bits per heavy atom. The summed E-state index contributed by atoms with van der Waals surface area (Å²) >= 11 is 0. The van der Waals surface area contributed by atoms with Crippen molar-refractivity contribution in [3.05, 3.63) is 42.0 Å². The molecule has 14 heteroatoms. The van der Waals surface area contributed by atoms with Gasteiger partial charge < -0.3 is 4.74 Å². The number of alkyl halides is 13. The first kappa shape index (κ1) is 27.0. The van der Waals surface area contributed by atoms with E-state index in [2.05, 4.69) is 11.3 Å². The van der Waals surface area contributed by atoms with Gasteiger partial charge in [0.05, 0.1) is 13.2 Å². The maximum absolute atomic E-state index is 13.6. The summed E-state index contributed by atoms with van der Waals surface area (Å²) in [7, 11) is 0. The van der Waals surface area contributed by atoms with Crippen molar-refractivity contribution < 1.29 is 61.8 Å². The van der Waals surface area contributed by atoms with Gasteiger partial charge in [0.15, 0.2) is 0 Å². The van der Waals surface area contributed by atoms with Gasteiger partial charge in [-0.1, -0.05) is 30.9 Å². The van der Waals surface area contributed by atoms with Crippen LogP contribution in [0.1, 0.15) is 17.5 Å². The van der Waals surface area contributed by atoms with Crippen LogP contribution in [0.15, 0.2) is 30.8 Å². The smallest absolute Gasteiger partial charge is 0.377 e. The minimum atomic E-state index is -7.89. The van der Waals surface area contributed by atoms with Gasteiger partial charge in [0.2, 0.25) is 0 Å². The Morgan fingerprint density at radius 3 is 1.74 bits per heavy atom. The van der Waals surface area contributed by atoms with Crippen LogP contribution in [0.3, 0.4) is 0 Å². The molecule has 1 nitrogen and oxygen atoms in total. The van der Waals surface area contributed by atoms with E-state index in [0.717, 1.165) is 0 Å². The average molecular weight is 480 g/mol. The molecule has 0 aliphatic heterocycles.